The average molecular weight is 387 g/mol. The molecular weight excluding hydrogens is 362 g/mol. The van der Waals surface area contributed by atoms with E-state index in [1.807, 2.05) is 30.3 Å². The number of allylic oxidation sites excluding steroid dienone is 1. The maximum absolute atomic E-state index is 13.7. The summed E-state index contributed by atoms with van der Waals surface area (Å²) in [6, 6.07) is 9.56. The standard InChI is InChI=1S/C25H25NO3/c27-22-18-19(23(28)26(22)16-8-2-1-3-9-16)21-17(13-6-4-5-7-13)20(18)24-14-10-11-15(12-14)25(21,24)29-24/h1-3,8-9,14-15,18-21H,4-7,10-12H2/t14-,15-,18-,19+,20+,21+,24+,25-/m0/s1. The second-order valence-electron chi connectivity index (χ2n) is 10.5. The number of hydrogen-bond donors (Lipinski definition) is 0. The van der Waals surface area contributed by atoms with Crippen LogP contribution in [0.15, 0.2) is 41.5 Å². The lowest BCUT2D eigenvalue weighted by molar-refractivity contribution is -0.123. The molecular formula is C25H25NO3. The quantitative estimate of drug-likeness (QED) is 0.418. The summed E-state index contributed by atoms with van der Waals surface area (Å²) in [6.07, 6.45) is 8.64. The molecule has 0 radical (unpaired) electrons. The van der Waals surface area contributed by atoms with Crippen LogP contribution >= 0.6 is 0 Å². The lowest BCUT2D eigenvalue weighted by Gasteiger charge is -2.32. The van der Waals surface area contributed by atoms with E-state index in [-0.39, 0.29) is 46.7 Å². The van der Waals surface area contributed by atoms with Gasteiger partial charge in [0.2, 0.25) is 11.8 Å². The normalized spacial score (nSPS) is 50.6. The van der Waals surface area contributed by atoms with Gasteiger partial charge in [-0.15, -0.1) is 0 Å². The number of nitrogens with zero attached hydrogens (tertiary/aromatic N) is 1. The van der Waals surface area contributed by atoms with Crippen LogP contribution in [0.3, 0.4) is 0 Å². The van der Waals surface area contributed by atoms with Crippen LogP contribution in [0.2, 0.25) is 0 Å². The number of amides is 2. The van der Waals surface area contributed by atoms with Gasteiger partial charge in [-0.25, -0.2) is 0 Å². The number of rotatable bonds is 1. The Morgan fingerprint density at radius 2 is 1.45 bits per heavy atom. The minimum absolute atomic E-state index is 0.0380. The fraction of sp³-hybridized carbons (Fsp3) is 0.600. The molecule has 7 aliphatic rings. The van der Waals surface area contributed by atoms with Crippen molar-refractivity contribution in [3.8, 4) is 0 Å². The van der Waals surface area contributed by atoms with E-state index in [1.165, 1.54) is 55.4 Å². The number of benzene rings is 1. The fourth-order valence-corrected chi connectivity index (χ4v) is 9.29. The number of carbonyl (C=O) groups excluding carboxylic acids is 2. The smallest absolute Gasteiger partial charge is 0.238 e. The number of fused-ring (bicyclic) bond motifs is 7. The largest absolute Gasteiger partial charge is 0.361 e. The van der Waals surface area contributed by atoms with Crippen molar-refractivity contribution in [2.45, 2.75) is 56.1 Å². The number of epoxide rings is 1. The van der Waals surface area contributed by atoms with Crippen LogP contribution < -0.4 is 4.90 Å². The SMILES string of the molecule is O=C1[C@@H]2[C@H](C(=O)N1c1ccccc1)[C@H]1C(=C3CCCC3)[C@H]2[C@]23O[C@]12[C@H]1CC[C@H]3C1. The second-order valence-corrected chi connectivity index (χ2v) is 10.5. The van der Waals surface area contributed by atoms with Gasteiger partial charge in [0.05, 0.1) is 17.5 Å². The van der Waals surface area contributed by atoms with Crippen LogP contribution in [0.4, 0.5) is 5.69 Å². The zero-order valence-corrected chi connectivity index (χ0v) is 16.5. The van der Waals surface area contributed by atoms with Gasteiger partial charge in [0, 0.05) is 11.8 Å². The van der Waals surface area contributed by atoms with Gasteiger partial charge in [-0.05, 0) is 68.9 Å². The van der Waals surface area contributed by atoms with E-state index in [2.05, 4.69) is 0 Å². The second kappa shape index (κ2) is 4.69. The molecule has 2 aliphatic heterocycles. The van der Waals surface area contributed by atoms with Crippen molar-refractivity contribution in [2.75, 3.05) is 4.90 Å². The highest BCUT2D eigenvalue weighted by Gasteiger charge is 2.96. The molecule has 5 saturated carbocycles. The highest BCUT2D eigenvalue weighted by atomic mass is 16.6. The van der Waals surface area contributed by atoms with E-state index in [0.717, 1.165) is 5.69 Å². The van der Waals surface area contributed by atoms with Gasteiger partial charge in [0.25, 0.3) is 0 Å². The highest BCUT2D eigenvalue weighted by molar-refractivity contribution is 6.23. The average Bonchev–Trinajstić information content (AvgIpc) is 3.36. The van der Waals surface area contributed by atoms with E-state index in [9.17, 15) is 9.59 Å². The lowest BCUT2D eigenvalue weighted by atomic mass is 9.64. The van der Waals surface area contributed by atoms with Gasteiger partial charge in [0.1, 0.15) is 11.2 Å². The Balaban J connectivity index is 1.33. The Kier molecular flexibility index (Phi) is 2.56. The van der Waals surface area contributed by atoms with Crippen molar-refractivity contribution < 1.29 is 14.3 Å². The minimum atomic E-state index is -0.189. The van der Waals surface area contributed by atoms with Crippen LogP contribution in [-0.2, 0) is 14.3 Å². The van der Waals surface area contributed by atoms with Crippen molar-refractivity contribution in [3.05, 3.63) is 41.5 Å². The van der Waals surface area contributed by atoms with Crippen LogP contribution in [-0.4, -0.2) is 23.0 Å². The van der Waals surface area contributed by atoms with E-state index in [0.29, 0.717) is 11.8 Å². The monoisotopic (exact) mass is 387 g/mol. The molecule has 4 bridgehead atoms. The van der Waals surface area contributed by atoms with Crippen molar-refractivity contribution in [1.82, 2.24) is 0 Å². The molecule has 0 aromatic heterocycles. The van der Waals surface area contributed by atoms with E-state index >= 15 is 0 Å². The van der Waals surface area contributed by atoms with Gasteiger partial charge >= 0.3 is 0 Å². The third-order valence-electron chi connectivity index (χ3n) is 9.89. The maximum Gasteiger partial charge on any atom is 0.238 e. The maximum atomic E-state index is 13.7. The van der Waals surface area contributed by atoms with Crippen LogP contribution in [0, 0.1) is 35.5 Å². The zero-order valence-electron chi connectivity index (χ0n) is 16.5. The number of ether oxygens (including phenoxy) is 1. The summed E-state index contributed by atoms with van der Waals surface area (Å²) in [5.41, 5.74) is 3.67. The molecule has 8 atom stereocenters. The predicted molar refractivity (Wildman–Crippen MR) is 106 cm³/mol. The Morgan fingerprint density at radius 3 is 2.03 bits per heavy atom. The molecule has 8 rings (SSSR count). The van der Waals surface area contributed by atoms with E-state index in [4.69, 9.17) is 4.74 Å². The Labute approximate surface area is 170 Å². The van der Waals surface area contributed by atoms with Crippen LogP contribution in [0.25, 0.3) is 0 Å². The number of para-hydroxylation sites is 1. The van der Waals surface area contributed by atoms with Crippen molar-refractivity contribution in [3.63, 3.8) is 0 Å². The third kappa shape index (κ3) is 1.42. The summed E-state index contributed by atoms with van der Waals surface area (Å²) in [4.78, 5) is 29.0. The van der Waals surface area contributed by atoms with E-state index < -0.39 is 0 Å². The molecule has 0 spiro atoms. The van der Waals surface area contributed by atoms with Crippen molar-refractivity contribution in [2.24, 2.45) is 35.5 Å². The lowest BCUT2D eigenvalue weighted by Crippen LogP contribution is -2.46. The molecule has 4 heteroatoms. The summed E-state index contributed by atoms with van der Waals surface area (Å²) in [7, 11) is 0. The molecule has 7 fully saturated rings. The molecule has 0 N–H and O–H groups in total. The van der Waals surface area contributed by atoms with Gasteiger partial charge in [-0.2, -0.15) is 0 Å². The first-order valence-corrected chi connectivity index (χ1v) is 11.5. The minimum Gasteiger partial charge on any atom is -0.361 e. The molecule has 0 unspecified atom stereocenters. The van der Waals surface area contributed by atoms with Gasteiger partial charge < -0.3 is 4.74 Å². The van der Waals surface area contributed by atoms with Crippen molar-refractivity contribution in [1.29, 1.82) is 0 Å². The van der Waals surface area contributed by atoms with Gasteiger partial charge in [-0.1, -0.05) is 29.3 Å². The van der Waals surface area contributed by atoms with Gasteiger partial charge in [0.15, 0.2) is 0 Å². The third-order valence-corrected chi connectivity index (χ3v) is 9.89. The molecule has 1 aromatic rings. The number of carbonyl (C=O) groups is 2. The summed E-state index contributed by atoms with van der Waals surface area (Å²) < 4.78 is 6.74. The predicted octanol–water partition coefficient (Wildman–Crippen LogP) is 3.86. The molecule has 1 aromatic carbocycles. The van der Waals surface area contributed by atoms with Crippen LogP contribution in [0.5, 0.6) is 0 Å². The number of imide groups is 1. The van der Waals surface area contributed by atoms with Gasteiger partial charge in [-0.3, -0.25) is 14.5 Å². The molecule has 5 aliphatic carbocycles. The highest BCUT2D eigenvalue weighted by Crippen LogP contribution is 2.88. The molecule has 2 saturated heterocycles. The molecule has 2 amide bonds. The molecule has 4 nitrogen and oxygen atoms in total. The fourth-order valence-electron chi connectivity index (χ4n) is 9.29. The number of hydrogen-bond acceptors (Lipinski definition) is 3. The van der Waals surface area contributed by atoms with E-state index in [1.54, 1.807) is 5.57 Å². The topological polar surface area (TPSA) is 49.9 Å². The first-order valence-electron chi connectivity index (χ1n) is 11.5. The summed E-state index contributed by atoms with van der Waals surface area (Å²) in [5, 5.41) is 0. The summed E-state index contributed by atoms with van der Waals surface area (Å²) in [5.74, 6) is 1.25. The summed E-state index contributed by atoms with van der Waals surface area (Å²) in [6.45, 7) is 0. The Hall–Kier alpha value is -1.94. The first-order chi connectivity index (χ1) is 14.2. The molecule has 2 heterocycles. The molecule has 148 valence electrons. The first kappa shape index (κ1) is 15.8. The van der Waals surface area contributed by atoms with Crippen molar-refractivity contribution >= 4 is 17.5 Å². The van der Waals surface area contributed by atoms with Crippen LogP contribution in [0.1, 0.15) is 44.9 Å². The molecule has 29 heavy (non-hydrogen) atoms. The Morgan fingerprint density at radius 1 is 0.862 bits per heavy atom. The number of anilines is 1. The Bertz CT molecular complexity index is 972. The zero-order chi connectivity index (χ0) is 19.1. The summed E-state index contributed by atoms with van der Waals surface area (Å²) >= 11 is 0.